The Labute approximate surface area is 168 Å². The number of likely N-dealkylation sites (tertiary alicyclic amines) is 1. The Hall–Kier alpha value is -1.92. The van der Waals surface area contributed by atoms with Crippen molar-refractivity contribution in [2.75, 3.05) is 45.8 Å². The van der Waals surface area contributed by atoms with Gasteiger partial charge in [-0.05, 0) is 38.7 Å². The second-order valence-electron chi connectivity index (χ2n) is 8.07. The summed E-state index contributed by atoms with van der Waals surface area (Å²) in [5.41, 5.74) is 1.11. The number of nitrogens with one attached hydrogen (secondary N) is 1. The third kappa shape index (κ3) is 5.55. The van der Waals surface area contributed by atoms with Crippen molar-refractivity contribution in [3.05, 3.63) is 35.9 Å². The Morgan fingerprint density at radius 2 is 1.57 bits per heavy atom. The zero-order chi connectivity index (χ0) is 19.9. The molecule has 1 N–H and O–H groups in total. The molecule has 2 aliphatic rings. The van der Waals surface area contributed by atoms with Crippen LogP contribution < -0.4 is 5.32 Å². The van der Waals surface area contributed by atoms with Crippen LogP contribution in [0.3, 0.4) is 0 Å². The molecule has 1 aromatic rings. The summed E-state index contributed by atoms with van der Waals surface area (Å²) in [6.45, 7) is 9.65. The van der Waals surface area contributed by atoms with E-state index in [1.54, 1.807) is 0 Å². The predicted molar refractivity (Wildman–Crippen MR) is 111 cm³/mol. The van der Waals surface area contributed by atoms with Gasteiger partial charge in [-0.15, -0.1) is 0 Å². The largest absolute Gasteiger partial charge is 0.348 e. The number of nitrogens with zero attached hydrogens (tertiary/aromatic N) is 3. The summed E-state index contributed by atoms with van der Waals surface area (Å²) in [5.74, 6) is 0.324. The maximum Gasteiger partial charge on any atom is 0.237 e. The van der Waals surface area contributed by atoms with Gasteiger partial charge in [-0.1, -0.05) is 30.3 Å². The second-order valence-corrected chi connectivity index (χ2v) is 8.07. The van der Waals surface area contributed by atoms with Crippen molar-refractivity contribution in [3.8, 4) is 0 Å². The first-order chi connectivity index (χ1) is 13.5. The van der Waals surface area contributed by atoms with Crippen LogP contribution in [-0.4, -0.2) is 78.4 Å². The van der Waals surface area contributed by atoms with Crippen molar-refractivity contribution in [1.82, 2.24) is 20.0 Å². The Balaban J connectivity index is 1.42. The van der Waals surface area contributed by atoms with Gasteiger partial charge in [0.05, 0.1) is 18.6 Å². The zero-order valence-electron chi connectivity index (χ0n) is 17.3. The van der Waals surface area contributed by atoms with Gasteiger partial charge in [0.2, 0.25) is 11.8 Å². The lowest BCUT2D eigenvalue weighted by Crippen LogP contribution is -2.55. The van der Waals surface area contributed by atoms with E-state index in [1.165, 1.54) is 6.42 Å². The van der Waals surface area contributed by atoms with Crippen LogP contribution in [0.4, 0.5) is 0 Å². The summed E-state index contributed by atoms with van der Waals surface area (Å²) in [7, 11) is 0. The summed E-state index contributed by atoms with van der Waals surface area (Å²) in [5, 5.41) is 3.12. The van der Waals surface area contributed by atoms with Crippen molar-refractivity contribution in [3.63, 3.8) is 0 Å². The molecule has 2 heterocycles. The van der Waals surface area contributed by atoms with E-state index in [2.05, 4.69) is 15.1 Å². The fourth-order valence-corrected chi connectivity index (χ4v) is 4.07. The summed E-state index contributed by atoms with van der Waals surface area (Å²) < 4.78 is 0. The lowest BCUT2D eigenvalue weighted by atomic mass is 10.1. The van der Waals surface area contributed by atoms with Crippen molar-refractivity contribution in [2.24, 2.45) is 0 Å². The highest BCUT2D eigenvalue weighted by Crippen LogP contribution is 2.14. The molecule has 0 saturated carbocycles. The van der Waals surface area contributed by atoms with Crippen LogP contribution in [-0.2, 0) is 9.59 Å². The Kier molecular flexibility index (Phi) is 7.45. The quantitative estimate of drug-likeness (QED) is 0.811. The molecule has 6 nitrogen and oxygen atoms in total. The van der Waals surface area contributed by atoms with E-state index in [4.69, 9.17) is 0 Å². The molecule has 154 valence electrons. The van der Waals surface area contributed by atoms with Crippen molar-refractivity contribution >= 4 is 11.8 Å². The van der Waals surface area contributed by atoms with Gasteiger partial charge in [0.15, 0.2) is 0 Å². The van der Waals surface area contributed by atoms with Gasteiger partial charge < -0.3 is 10.2 Å². The monoisotopic (exact) mass is 386 g/mol. The van der Waals surface area contributed by atoms with E-state index in [9.17, 15) is 9.59 Å². The fourth-order valence-electron chi connectivity index (χ4n) is 4.07. The SMILES string of the molecule is C[C@H](NC(=O)[C@H](C)N1CCN(CC(=O)N2CCCCC2)CC1)c1ccccc1. The highest BCUT2D eigenvalue weighted by atomic mass is 16.2. The minimum atomic E-state index is -0.161. The molecule has 0 aliphatic carbocycles. The molecule has 2 amide bonds. The first kappa shape index (κ1) is 20.8. The summed E-state index contributed by atoms with van der Waals surface area (Å²) >= 11 is 0. The molecule has 0 unspecified atom stereocenters. The number of rotatable bonds is 6. The molecular formula is C22H34N4O2. The van der Waals surface area contributed by atoms with Crippen LogP contribution in [0.1, 0.15) is 44.7 Å². The maximum absolute atomic E-state index is 12.7. The van der Waals surface area contributed by atoms with E-state index in [0.717, 1.165) is 57.7 Å². The molecule has 0 bridgehead atoms. The first-order valence-electron chi connectivity index (χ1n) is 10.6. The molecule has 28 heavy (non-hydrogen) atoms. The molecule has 0 aromatic heterocycles. The first-order valence-corrected chi connectivity index (χ1v) is 10.6. The normalized spacial score (nSPS) is 21.1. The molecule has 1 aromatic carbocycles. The number of piperazine rings is 1. The summed E-state index contributed by atoms with van der Waals surface area (Å²) in [4.78, 5) is 31.6. The van der Waals surface area contributed by atoms with Crippen LogP contribution >= 0.6 is 0 Å². The van der Waals surface area contributed by atoms with Crippen LogP contribution in [0.5, 0.6) is 0 Å². The minimum absolute atomic E-state index is 0.000367. The lowest BCUT2D eigenvalue weighted by molar-refractivity contribution is -0.134. The third-order valence-electron chi connectivity index (χ3n) is 6.06. The minimum Gasteiger partial charge on any atom is -0.348 e. The van der Waals surface area contributed by atoms with Crippen molar-refractivity contribution < 1.29 is 9.59 Å². The second kappa shape index (κ2) is 10.0. The Morgan fingerprint density at radius 1 is 0.929 bits per heavy atom. The van der Waals surface area contributed by atoms with Gasteiger partial charge >= 0.3 is 0 Å². The average Bonchev–Trinajstić information content (AvgIpc) is 2.75. The molecule has 2 aliphatic heterocycles. The van der Waals surface area contributed by atoms with Gasteiger partial charge in [-0.2, -0.15) is 0 Å². The molecule has 2 saturated heterocycles. The van der Waals surface area contributed by atoms with E-state index in [0.29, 0.717) is 6.54 Å². The number of carbonyl (C=O) groups is 2. The molecule has 6 heteroatoms. The smallest absolute Gasteiger partial charge is 0.237 e. The highest BCUT2D eigenvalue weighted by molar-refractivity contribution is 5.81. The van der Waals surface area contributed by atoms with Crippen LogP contribution in [0.2, 0.25) is 0 Å². The van der Waals surface area contributed by atoms with Crippen molar-refractivity contribution in [1.29, 1.82) is 0 Å². The van der Waals surface area contributed by atoms with E-state index in [1.807, 2.05) is 49.1 Å². The highest BCUT2D eigenvalue weighted by Gasteiger charge is 2.28. The molecule has 3 rings (SSSR count). The molecule has 0 radical (unpaired) electrons. The topological polar surface area (TPSA) is 55.9 Å². The summed E-state index contributed by atoms with van der Waals surface area (Å²) in [6.07, 6.45) is 3.51. The molecule has 0 spiro atoms. The number of amides is 2. The van der Waals surface area contributed by atoms with Crippen molar-refractivity contribution in [2.45, 2.75) is 45.2 Å². The summed E-state index contributed by atoms with van der Waals surface area (Å²) in [6, 6.07) is 9.88. The number of carbonyl (C=O) groups excluding carboxylic acids is 2. The predicted octanol–water partition coefficient (Wildman–Crippen LogP) is 1.88. The third-order valence-corrected chi connectivity index (χ3v) is 6.06. The lowest BCUT2D eigenvalue weighted by Gasteiger charge is -2.38. The van der Waals surface area contributed by atoms with E-state index in [-0.39, 0.29) is 23.9 Å². The molecular weight excluding hydrogens is 352 g/mol. The number of hydrogen-bond acceptors (Lipinski definition) is 4. The zero-order valence-corrected chi connectivity index (χ0v) is 17.3. The van der Waals surface area contributed by atoms with Crippen LogP contribution in [0.15, 0.2) is 30.3 Å². The average molecular weight is 387 g/mol. The van der Waals surface area contributed by atoms with Gasteiger partial charge in [-0.3, -0.25) is 19.4 Å². The molecule has 2 atom stereocenters. The van der Waals surface area contributed by atoms with Crippen LogP contribution in [0, 0.1) is 0 Å². The van der Waals surface area contributed by atoms with Gasteiger partial charge in [0.25, 0.3) is 0 Å². The van der Waals surface area contributed by atoms with E-state index < -0.39 is 0 Å². The number of hydrogen-bond donors (Lipinski definition) is 1. The fraction of sp³-hybridized carbons (Fsp3) is 0.636. The van der Waals surface area contributed by atoms with Gasteiger partial charge in [0, 0.05) is 39.3 Å². The van der Waals surface area contributed by atoms with Gasteiger partial charge in [0.1, 0.15) is 0 Å². The molecule has 2 fully saturated rings. The van der Waals surface area contributed by atoms with Crippen LogP contribution in [0.25, 0.3) is 0 Å². The number of benzene rings is 1. The van der Waals surface area contributed by atoms with E-state index >= 15 is 0 Å². The standard InChI is InChI=1S/C22H34N4O2/c1-18(20-9-5-3-6-10-20)23-22(28)19(2)25-15-13-24(14-16-25)17-21(27)26-11-7-4-8-12-26/h3,5-6,9-10,18-19H,4,7-8,11-17H2,1-2H3,(H,23,28)/t18-,19-/m0/s1. The number of piperidine rings is 1. The Morgan fingerprint density at radius 3 is 2.21 bits per heavy atom. The van der Waals surface area contributed by atoms with Gasteiger partial charge in [-0.25, -0.2) is 0 Å². The maximum atomic E-state index is 12.7. The Bertz CT molecular complexity index is 637.